The number of fused-ring (bicyclic) bond motifs is 1. The first-order valence-electron chi connectivity index (χ1n) is 9.34. The molecule has 1 atom stereocenters. The van der Waals surface area contributed by atoms with E-state index < -0.39 is 36.3 Å². The van der Waals surface area contributed by atoms with Gasteiger partial charge in [-0.2, -0.15) is 0 Å². The third kappa shape index (κ3) is 4.17. The Bertz CT molecular complexity index is 968. The second-order valence-electron chi connectivity index (χ2n) is 6.91. The van der Waals surface area contributed by atoms with Gasteiger partial charge in [0.2, 0.25) is 0 Å². The highest BCUT2D eigenvalue weighted by Crippen LogP contribution is 2.24. The van der Waals surface area contributed by atoms with Crippen LogP contribution in [-0.2, 0) is 20.9 Å². The lowest BCUT2D eigenvalue weighted by molar-refractivity contribution is -0.154. The highest BCUT2D eigenvalue weighted by atomic mass is 16.5. The number of methoxy groups -OCH3 is 1. The van der Waals surface area contributed by atoms with Gasteiger partial charge in [0.1, 0.15) is 11.8 Å². The maximum Gasteiger partial charge on any atom is 0.329 e. The Labute approximate surface area is 174 Å². The summed E-state index contributed by atoms with van der Waals surface area (Å²) in [6, 6.07) is 12.5. The van der Waals surface area contributed by atoms with Crippen LogP contribution in [0.5, 0.6) is 5.75 Å². The minimum atomic E-state index is -1.14. The van der Waals surface area contributed by atoms with Crippen molar-refractivity contribution in [3.63, 3.8) is 0 Å². The van der Waals surface area contributed by atoms with Gasteiger partial charge in [0.05, 0.1) is 18.2 Å². The van der Waals surface area contributed by atoms with E-state index in [0.717, 1.165) is 10.5 Å². The van der Waals surface area contributed by atoms with Gasteiger partial charge >= 0.3 is 5.97 Å². The van der Waals surface area contributed by atoms with E-state index in [2.05, 4.69) is 0 Å². The van der Waals surface area contributed by atoms with E-state index in [9.17, 15) is 19.2 Å². The number of amides is 3. The van der Waals surface area contributed by atoms with E-state index in [-0.39, 0.29) is 11.1 Å². The molecule has 0 saturated heterocycles. The van der Waals surface area contributed by atoms with Crippen molar-refractivity contribution in [3.05, 3.63) is 65.2 Å². The van der Waals surface area contributed by atoms with Crippen LogP contribution in [0.25, 0.3) is 0 Å². The molecule has 0 unspecified atom stereocenters. The Morgan fingerprint density at radius 3 is 2.27 bits per heavy atom. The average Bonchev–Trinajstić information content (AvgIpc) is 3.01. The van der Waals surface area contributed by atoms with Crippen LogP contribution in [0.15, 0.2) is 48.5 Å². The highest BCUT2D eigenvalue weighted by Gasteiger charge is 2.41. The zero-order valence-electron chi connectivity index (χ0n) is 17.0. The second kappa shape index (κ2) is 8.77. The predicted octanol–water partition coefficient (Wildman–Crippen LogP) is 1.88. The van der Waals surface area contributed by atoms with E-state index in [1.165, 1.54) is 24.0 Å². The largest absolute Gasteiger partial charge is 0.497 e. The van der Waals surface area contributed by atoms with Gasteiger partial charge in [-0.15, -0.1) is 0 Å². The quantitative estimate of drug-likeness (QED) is 0.511. The molecule has 0 radical (unpaired) electrons. The van der Waals surface area contributed by atoms with Crippen molar-refractivity contribution in [2.45, 2.75) is 19.5 Å². The first-order valence-corrected chi connectivity index (χ1v) is 9.34. The smallest absolute Gasteiger partial charge is 0.329 e. The van der Waals surface area contributed by atoms with Gasteiger partial charge < -0.3 is 14.4 Å². The Morgan fingerprint density at radius 1 is 1.03 bits per heavy atom. The van der Waals surface area contributed by atoms with Crippen LogP contribution in [0.3, 0.4) is 0 Å². The fourth-order valence-corrected chi connectivity index (χ4v) is 3.16. The Balaban J connectivity index is 1.56. The summed E-state index contributed by atoms with van der Waals surface area (Å²) in [4.78, 5) is 51.9. The number of nitrogens with zero attached hydrogens (tertiary/aromatic N) is 2. The zero-order chi connectivity index (χ0) is 21.8. The van der Waals surface area contributed by atoms with E-state index >= 15 is 0 Å². The zero-order valence-corrected chi connectivity index (χ0v) is 17.0. The van der Waals surface area contributed by atoms with Crippen molar-refractivity contribution < 1.29 is 28.7 Å². The van der Waals surface area contributed by atoms with E-state index in [1.807, 2.05) is 12.1 Å². The molecule has 0 N–H and O–H groups in total. The molecule has 30 heavy (non-hydrogen) atoms. The monoisotopic (exact) mass is 410 g/mol. The third-order valence-electron chi connectivity index (χ3n) is 4.87. The molecular weight excluding hydrogens is 388 g/mol. The van der Waals surface area contributed by atoms with E-state index in [1.54, 1.807) is 38.4 Å². The second-order valence-corrected chi connectivity index (χ2v) is 6.91. The molecule has 0 aliphatic carbocycles. The molecule has 0 spiro atoms. The minimum absolute atomic E-state index is 0.247. The molecule has 8 heteroatoms. The van der Waals surface area contributed by atoms with Crippen LogP contribution in [0.1, 0.15) is 33.2 Å². The minimum Gasteiger partial charge on any atom is -0.497 e. The topological polar surface area (TPSA) is 93.2 Å². The summed E-state index contributed by atoms with van der Waals surface area (Å²) in [5, 5.41) is 0. The summed E-state index contributed by atoms with van der Waals surface area (Å²) < 4.78 is 10.2. The molecule has 0 saturated carbocycles. The van der Waals surface area contributed by atoms with E-state index in [0.29, 0.717) is 12.3 Å². The van der Waals surface area contributed by atoms with Crippen molar-refractivity contribution in [3.8, 4) is 5.75 Å². The molecule has 0 aromatic heterocycles. The molecular formula is C22H22N2O6. The Morgan fingerprint density at radius 2 is 1.67 bits per heavy atom. The molecule has 1 aliphatic rings. The summed E-state index contributed by atoms with van der Waals surface area (Å²) in [6.07, 6.45) is 0. The van der Waals surface area contributed by atoms with E-state index in [4.69, 9.17) is 9.47 Å². The van der Waals surface area contributed by atoms with Crippen LogP contribution in [-0.4, -0.2) is 60.3 Å². The van der Waals surface area contributed by atoms with Crippen molar-refractivity contribution >= 4 is 23.7 Å². The van der Waals surface area contributed by atoms with Gasteiger partial charge in [-0.25, -0.2) is 4.79 Å². The number of benzene rings is 2. The molecule has 2 aromatic carbocycles. The van der Waals surface area contributed by atoms with Crippen LogP contribution in [0.2, 0.25) is 0 Å². The van der Waals surface area contributed by atoms with Crippen molar-refractivity contribution in [2.24, 2.45) is 0 Å². The van der Waals surface area contributed by atoms with Crippen LogP contribution in [0.4, 0.5) is 0 Å². The number of carbonyl (C=O) groups excluding carboxylic acids is 4. The maximum atomic E-state index is 12.5. The lowest BCUT2D eigenvalue weighted by Gasteiger charge is -2.22. The molecule has 3 amide bonds. The molecule has 0 fully saturated rings. The fourth-order valence-electron chi connectivity index (χ4n) is 3.16. The number of ether oxygens (including phenoxy) is 2. The maximum absolute atomic E-state index is 12.5. The molecule has 0 bridgehead atoms. The van der Waals surface area contributed by atoms with Gasteiger partial charge in [-0.3, -0.25) is 19.3 Å². The highest BCUT2D eigenvalue weighted by molar-refractivity contribution is 6.22. The molecule has 3 rings (SSSR count). The van der Waals surface area contributed by atoms with Crippen LogP contribution < -0.4 is 4.74 Å². The molecule has 1 aliphatic heterocycles. The average molecular weight is 410 g/mol. The number of imide groups is 1. The van der Waals surface area contributed by atoms with Crippen LogP contribution in [0, 0.1) is 0 Å². The molecule has 8 nitrogen and oxygen atoms in total. The predicted molar refractivity (Wildman–Crippen MR) is 107 cm³/mol. The lowest BCUT2D eigenvalue weighted by Crippen LogP contribution is -2.44. The van der Waals surface area contributed by atoms with Gasteiger partial charge in [0, 0.05) is 13.6 Å². The van der Waals surface area contributed by atoms with Crippen molar-refractivity contribution in [1.82, 2.24) is 9.80 Å². The number of hydrogen-bond donors (Lipinski definition) is 0. The summed E-state index contributed by atoms with van der Waals surface area (Å²) >= 11 is 0. The van der Waals surface area contributed by atoms with Crippen molar-refractivity contribution in [1.29, 1.82) is 0 Å². The van der Waals surface area contributed by atoms with Gasteiger partial charge in [0.15, 0.2) is 6.61 Å². The standard InChI is InChI=1S/C22H22N2O6/c1-14(24-20(26)17-9-4-5-10-18(17)21(24)27)22(28)30-13-19(25)23(2)12-15-7-6-8-16(11-15)29-3/h4-11,14H,12-13H2,1-3H3/t14-/m0/s1. The van der Waals surface area contributed by atoms with Gasteiger partial charge in [-0.05, 0) is 36.8 Å². The first kappa shape index (κ1) is 21.0. The first-order chi connectivity index (χ1) is 14.3. The summed E-state index contributed by atoms with van der Waals surface area (Å²) in [5.74, 6) is -1.68. The molecule has 2 aromatic rings. The normalized spacial score (nSPS) is 13.6. The third-order valence-corrected chi connectivity index (χ3v) is 4.87. The van der Waals surface area contributed by atoms with Crippen molar-refractivity contribution in [2.75, 3.05) is 20.8 Å². The summed E-state index contributed by atoms with van der Waals surface area (Å²) in [6.45, 7) is 1.21. The Hall–Kier alpha value is -3.68. The fraction of sp³-hybridized carbons (Fsp3) is 0.273. The summed E-state index contributed by atoms with van der Waals surface area (Å²) in [5.41, 5.74) is 1.35. The number of rotatable bonds is 7. The lowest BCUT2D eigenvalue weighted by atomic mass is 10.1. The molecule has 1 heterocycles. The Kier molecular flexibility index (Phi) is 6.15. The number of esters is 1. The SMILES string of the molecule is COc1cccc(CN(C)C(=O)COC(=O)[C@H](C)N2C(=O)c3ccccc3C2=O)c1. The summed E-state index contributed by atoms with van der Waals surface area (Å²) in [7, 11) is 3.15. The van der Waals surface area contributed by atoms with Gasteiger partial charge in [-0.1, -0.05) is 24.3 Å². The van der Waals surface area contributed by atoms with Crippen LogP contribution >= 0.6 is 0 Å². The number of carbonyl (C=O) groups is 4. The molecule has 156 valence electrons. The number of likely N-dealkylation sites (N-methyl/N-ethyl adjacent to an activating group) is 1. The number of hydrogen-bond acceptors (Lipinski definition) is 6. The van der Waals surface area contributed by atoms with Gasteiger partial charge in [0.25, 0.3) is 17.7 Å².